The van der Waals surface area contributed by atoms with Crippen molar-refractivity contribution < 1.29 is 4.79 Å². The molecule has 0 spiro atoms. The highest BCUT2D eigenvalue weighted by Crippen LogP contribution is 2.22. The fourth-order valence-corrected chi connectivity index (χ4v) is 3.14. The molecule has 1 amide bonds. The van der Waals surface area contributed by atoms with Crippen LogP contribution in [0.4, 0.5) is 0 Å². The summed E-state index contributed by atoms with van der Waals surface area (Å²) in [6, 6.07) is 6.90. The summed E-state index contributed by atoms with van der Waals surface area (Å²) in [7, 11) is 0. The van der Waals surface area contributed by atoms with Crippen molar-refractivity contribution >= 4 is 5.91 Å². The summed E-state index contributed by atoms with van der Waals surface area (Å²) < 4.78 is 0. The third-order valence-corrected chi connectivity index (χ3v) is 4.20. The Labute approximate surface area is 114 Å². The van der Waals surface area contributed by atoms with Gasteiger partial charge in [0.15, 0.2) is 0 Å². The number of hydrogen-bond acceptors (Lipinski definition) is 2. The predicted molar refractivity (Wildman–Crippen MR) is 76.2 cm³/mol. The van der Waals surface area contributed by atoms with Gasteiger partial charge in [0.05, 0.1) is 6.42 Å². The Hall–Kier alpha value is -1.35. The van der Waals surface area contributed by atoms with Crippen LogP contribution in [0.3, 0.4) is 0 Å². The van der Waals surface area contributed by atoms with E-state index in [-0.39, 0.29) is 5.91 Å². The summed E-state index contributed by atoms with van der Waals surface area (Å²) in [5.74, 6) is 0.157. The quantitative estimate of drug-likeness (QED) is 0.864. The van der Waals surface area contributed by atoms with E-state index in [0.717, 1.165) is 25.1 Å². The molecule has 1 saturated heterocycles. The van der Waals surface area contributed by atoms with E-state index in [9.17, 15) is 4.79 Å². The topological polar surface area (TPSA) is 41.1 Å². The minimum atomic E-state index is 0.157. The van der Waals surface area contributed by atoms with Gasteiger partial charge >= 0.3 is 0 Å². The lowest BCUT2D eigenvalue weighted by atomic mass is 9.90. The van der Waals surface area contributed by atoms with Crippen molar-refractivity contribution in [2.75, 3.05) is 13.1 Å². The van der Waals surface area contributed by atoms with Gasteiger partial charge in [0.2, 0.25) is 5.91 Å². The third-order valence-electron chi connectivity index (χ3n) is 4.20. The smallest absolute Gasteiger partial charge is 0.224 e. The van der Waals surface area contributed by atoms with Gasteiger partial charge in [0.25, 0.3) is 0 Å². The highest BCUT2D eigenvalue weighted by atomic mass is 16.1. The third kappa shape index (κ3) is 3.16. The highest BCUT2D eigenvalue weighted by Gasteiger charge is 2.17. The second-order valence-electron chi connectivity index (χ2n) is 5.74. The number of hydrogen-bond donors (Lipinski definition) is 2. The first-order chi connectivity index (χ1) is 9.31. The second kappa shape index (κ2) is 5.74. The number of rotatable bonds is 3. The monoisotopic (exact) mass is 258 g/mol. The molecule has 3 heteroatoms. The molecule has 1 aromatic carbocycles. The van der Waals surface area contributed by atoms with Gasteiger partial charge in [-0.25, -0.2) is 0 Å². The van der Waals surface area contributed by atoms with Gasteiger partial charge in [0.1, 0.15) is 0 Å². The molecule has 1 aliphatic heterocycles. The Morgan fingerprint density at radius 3 is 2.89 bits per heavy atom. The van der Waals surface area contributed by atoms with Gasteiger partial charge in [-0.3, -0.25) is 4.79 Å². The summed E-state index contributed by atoms with van der Waals surface area (Å²) in [6.07, 6.45) is 6.55. The summed E-state index contributed by atoms with van der Waals surface area (Å²) in [5, 5.41) is 6.37. The molecule has 0 bridgehead atoms. The average molecular weight is 258 g/mol. The van der Waals surface area contributed by atoms with Crippen LogP contribution in [-0.2, 0) is 24.1 Å². The van der Waals surface area contributed by atoms with Crippen molar-refractivity contribution in [3.63, 3.8) is 0 Å². The molecule has 1 unspecified atom stereocenters. The van der Waals surface area contributed by atoms with E-state index in [2.05, 4.69) is 28.8 Å². The molecule has 2 aliphatic rings. The Morgan fingerprint density at radius 1 is 1.26 bits per heavy atom. The molecule has 1 fully saturated rings. The number of carbonyl (C=O) groups is 1. The zero-order chi connectivity index (χ0) is 13.1. The number of fused-ring (bicyclic) bond motifs is 1. The zero-order valence-electron chi connectivity index (χ0n) is 11.4. The molecule has 0 saturated carbocycles. The van der Waals surface area contributed by atoms with Crippen molar-refractivity contribution in [2.45, 2.75) is 44.6 Å². The number of aryl methyl sites for hydroxylation is 2. The molecule has 1 aliphatic carbocycles. The van der Waals surface area contributed by atoms with E-state index >= 15 is 0 Å². The van der Waals surface area contributed by atoms with Gasteiger partial charge in [-0.1, -0.05) is 18.2 Å². The number of nitrogens with one attached hydrogen (secondary N) is 2. The summed E-state index contributed by atoms with van der Waals surface area (Å²) in [5.41, 5.74) is 4.10. The van der Waals surface area contributed by atoms with E-state index in [1.807, 2.05) is 0 Å². The van der Waals surface area contributed by atoms with Crippen LogP contribution in [0, 0.1) is 0 Å². The maximum atomic E-state index is 12.0. The maximum absolute atomic E-state index is 12.0. The molecule has 2 N–H and O–H groups in total. The van der Waals surface area contributed by atoms with Gasteiger partial charge in [-0.05, 0) is 55.3 Å². The number of amides is 1. The molecule has 0 aromatic heterocycles. The van der Waals surface area contributed by atoms with Gasteiger partial charge in [-0.15, -0.1) is 0 Å². The van der Waals surface area contributed by atoms with E-state index in [1.165, 1.54) is 36.8 Å². The van der Waals surface area contributed by atoms with Gasteiger partial charge in [-0.2, -0.15) is 0 Å². The standard InChI is InChI=1S/C16H22N2O/c19-16(18-15-7-8-17-11-15)10-12-5-6-13-3-1-2-4-14(13)9-12/h5-6,9,15,17H,1-4,7-8,10-11H2,(H,18,19). The van der Waals surface area contributed by atoms with Crippen molar-refractivity contribution in [3.05, 3.63) is 34.9 Å². The Kier molecular flexibility index (Phi) is 3.83. The summed E-state index contributed by atoms with van der Waals surface area (Å²) in [4.78, 5) is 12.0. The number of benzene rings is 1. The van der Waals surface area contributed by atoms with Crippen molar-refractivity contribution in [1.29, 1.82) is 0 Å². The number of carbonyl (C=O) groups excluding carboxylic acids is 1. The van der Waals surface area contributed by atoms with E-state index in [0.29, 0.717) is 12.5 Å². The van der Waals surface area contributed by atoms with E-state index in [4.69, 9.17) is 0 Å². The lowest BCUT2D eigenvalue weighted by molar-refractivity contribution is -0.121. The molecular formula is C16H22N2O. The fourth-order valence-electron chi connectivity index (χ4n) is 3.14. The Morgan fingerprint density at radius 2 is 2.11 bits per heavy atom. The van der Waals surface area contributed by atoms with Gasteiger partial charge < -0.3 is 10.6 Å². The predicted octanol–water partition coefficient (Wildman–Crippen LogP) is 1.59. The minimum absolute atomic E-state index is 0.157. The van der Waals surface area contributed by atoms with Gasteiger partial charge in [0, 0.05) is 12.6 Å². The Balaban J connectivity index is 1.61. The van der Waals surface area contributed by atoms with Crippen molar-refractivity contribution in [2.24, 2.45) is 0 Å². The molecule has 1 aromatic rings. The van der Waals surface area contributed by atoms with E-state index in [1.54, 1.807) is 0 Å². The lowest BCUT2D eigenvalue weighted by Crippen LogP contribution is -2.37. The summed E-state index contributed by atoms with van der Waals surface area (Å²) >= 11 is 0. The van der Waals surface area contributed by atoms with Crippen LogP contribution in [0.2, 0.25) is 0 Å². The first-order valence-corrected chi connectivity index (χ1v) is 7.42. The molecule has 102 valence electrons. The van der Waals surface area contributed by atoms with Crippen molar-refractivity contribution in [3.8, 4) is 0 Å². The van der Waals surface area contributed by atoms with Crippen molar-refractivity contribution in [1.82, 2.24) is 10.6 Å². The molecule has 3 rings (SSSR count). The van der Waals surface area contributed by atoms with Crippen LogP contribution in [0.15, 0.2) is 18.2 Å². The van der Waals surface area contributed by atoms with Crippen LogP contribution in [0.1, 0.15) is 36.0 Å². The summed E-state index contributed by atoms with van der Waals surface area (Å²) in [6.45, 7) is 1.93. The van der Waals surface area contributed by atoms with Crippen LogP contribution in [0.25, 0.3) is 0 Å². The normalized spacial score (nSPS) is 22.0. The van der Waals surface area contributed by atoms with E-state index < -0.39 is 0 Å². The van der Waals surface area contributed by atoms with Crippen LogP contribution in [0.5, 0.6) is 0 Å². The highest BCUT2D eigenvalue weighted by molar-refractivity contribution is 5.79. The SMILES string of the molecule is O=C(Cc1ccc2c(c1)CCCC2)NC1CCNC1. The lowest BCUT2D eigenvalue weighted by Gasteiger charge is -2.17. The molecule has 19 heavy (non-hydrogen) atoms. The Bertz CT molecular complexity index is 464. The van der Waals surface area contributed by atoms with Crippen LogP contribution < -0.4 is 10.6 Å². The molecule has 0 radical (unpaired) electrons. The fraction of sp³-hybridized carbons (Fsp3) is 0.562. The molecular weight excluding hydrogens is 236 g/mol. The first-order valence-electron chi connectivity index (χ1n) is 7.42. The average Bonchev–Trinajstić information content (AvgIpc) is 2.91. The first kappa shape index (κ1) is 12.7. The molecule has 1 heterocycles. The molecule has 3 nitrogen and oxygen atoms in total. The largest absolute Gasteiger partial charge is 0.352 e. The zero-order valence-corrected chi connectivity index (χ0v) is 11.4. The van der Waals surface area contributed by atoms with Crippen LogP contribution in [-0.4, -0.2) is 25.0 Å². The minimum Gasteiger partial charge on any atom is -0.352 e. The second-order valence-corrected chi connectivity index (χ2v) is 5.74. The maximum Gasteiger partial charge on any atom is 0.224 e. The molecule has 1 atom stereocenters. The van der Waals surface area contributed by atoms with Crippen LogP contribution >= 0.6 is 0 Å².